The summed E-state index contributed by atoms with van der Waals surface area (Å²) in [5.41, 5.74) is -1.64. The Bertz CT molecular complexity index is 538. The molecule has 0 aromatic carbocycles. The fourth-order valence-corrected chi connectivity index (χ4v) is 4.67. The van der Waals surface area contributed by atoms with Gasteiger partial charge in [-0.05, 0) is 25.8 Å². The minimum Gasteiger partial charge on any atom is -0.459 e. The second-order valence-corrected chi connectivity index (χ2v) is 6.83. The Balaban J connectivity index is 1.86. The summed E-state index contributed by atoms with van der Waals surface area (Å²) >= 11 is 0. The zero-order chi connectivity index (χ0) is 13.6. The number of carbonyl (C=O) groups is 2. The normalized spacial score (nSPS) is 58.2. The van der Waals surface area contributed by atoms with Crippen LogP contribution in [0.5, 0.6) is 0 Å². The topological polar surface area (TPSA) is 55.9 Å². The van der Waals surface area contributed by atoms with Gasteiger partial charge in [0.25, 0.3) is 0 Å². The Morgan fingerprint density at radius 2 is 2.05 bits per heavy atom. The summed E-state index contributed by atoms with van der Waals surface area (Å²) in [5, 5.41) is 0. The van der Waals surface area contributed by atoms with Gasteiger partial charge in [-0.2, -0.15) is 0 Å². The molecule has 0 amide bonds. The molecule has 0 bridgehead atoms. The summed E-state index contributed by atoms with van der Waals surface area (Å²) < 4.78 is 11.6. The smallest absolute Gasteiger partial charge is 0.309 e. The Morgan fingerprint density at radius 1 is 1.32 bits per heavy atom. The van der Waals surface area contributed by atoms with Crippen LogP contribution in [0.2, 0.25) is 0 Å². The van der Waals surface area contributed by atoms with Crippen molar-refractivity contribution in [3.63, 3.8) is 0 Å². The van der Waals surface area contributed by atoms with Gasteiger partial charge in [0.05, 0.1) is 5.92 Å². The summed E-state index contributed by atoms with van der Waals surface area (Å²) in [4.78, 5) is 24.0. The highest BCUT2D eigenvalue weighted by Crippen LogP contribution is 2.70. The van der Waals surface area contributed by atoms with Crippen molar-refractivity contribution in [1.82, 2.24) is 0 Å². The highest BCUT2D eigenvalue weighted by atomic mass is 16.7. The van der Waals surface area contributed by atoms with E-state index in [1.165, 1.54) is 0 Å². The molecule has 2 saturated heterocycles. The van der Waals surface area contributed by atoms with Crippen molar-refractivity contribution >= 4 is 11.8 Å². The monoisotopic (exact) mass is 262 g/mol. The Morgan fingerprint density at radius 3 is 2.79 bits per heavy atom. The van der Waals surface area contributed by atoms with E-state index in [4.69, 9.17) is 9.47 Å². The van der Waals surface area contributed by atoms with Crippen LogP contribution in [0.25, 0.3) is 0 Å². The van der Waals surface area contributed by atoms with Crippen molar-refractivity contribution in [2.45, 2.75) is 50.9 Å². The number of hydrogen-bond donors (Lipinski definition) is 0. The molecule has 19 heavy (non-hydrogen) atoms. The van der Waals surface area contributed by atoms with E-state index in [2.05, 4.69) is 6.92 Å². The number of fused-ring (bicyclic) bond motifs is 1. The summed E-state index contributed by atoms with van der Waals surface area (Å²) in [6.45, 7) is 5.89. The quantitative estimate of drug-likeness (QED) is 0.492. The molecule has 4 nitrogen and oxygen atoms in total. The molecule has 1 saturated carbocycles. The first-order valence-electron chi connectivity index (χ1n) is 7.00. The predicted octanol–water partition coefficient (Wildman–Crippen LogP) is 1.63. The first-order valence-corrected chi connectivity index (χ1v) is 7.00. The molecule has 0 radical (unpaired) electrons. The standard InChI is InChI=1S/C15H18O4/c1-8-9-4-6-13(2)7-5-10(16)14(3)15(13,19-14)11(9)18-12(8)17/h5,7-9,11H,4,6H2,1-3H3/t8-,9-,11+,13+,14+,15-/m0/s1. The fraction of sp³-hybridized carbons (Fsp3) is 0.733. The van der Waals surface area contributed by atoms with E-state index < -0.39 is 11.2 Å². The Kier molecular flexibility index (Phi) is 1.81. The lowest BCUT2D eigenvalue weighted by Crippen LogP contribution is -2.58. The molecule has 4 aliphatic rings. The third-order valence-electron chi connectivity index (χ3n) is 6.00. The zero-order valence-corrected chi connectivity index (χ0v) is 11.4. The van der Waals surface area contributed by atoms with E-state index in [1.807, 2.05) is 19.9 Å². The summed E-state index contributed by atoms with van der Waals surface area (Å²) in [5.74, 6) is -0.0465. The Labute approximate surface area is 112 Å². The average molecular weight is 262 g/mol. The van der Waals surface area contributed by atoms with Crippen LogP contribution in [-0.4, -0.2) is 29.1 Å². The molecule has 0 unspecified atom stereocenters. The van der Waals surface area contributed by atoms with Crippen LogP contribution in [0.4, 0.5) is 0 Å². The van der Waals surface area contributed by atoms with Gasteiger partial charge in [0.1, 0.15) is 6.10 Å². The van der Waals surface area contributed by atoms with Crippen LogP contribution < -0.4 is 0 Å². The number of rotatable bonds is 0. The third-order valence-corrected chi connectivity index (χ3v) is 6.00. The van der Waals surface area contributed by atoms with Crippen LogP contribution in [0.1, 0.15) is 33.6 Å². The van der Waals surface area contributed by atoms with Gasteiger partial charge in [-0.25, -0.2) is 0 Å². The lowest BCUT2D eigenvalue weighted by molar-refractivity contribution is -0.149. The molecule has 102 valence electrons. The van der Waals surface area contributed by atoms with Crippen molar-refractivity contribution in [3.05, 3.63) is 12.2 Å². The molecule has 3 fully saturated rings. The van der Waals surface area contributed by atoms with Crippen molar-refractivity contribution in [2.75, 3.05) is 0 Å². The van der Waals surface area contributed by atoms with Crippen molar-refractivity contribution in [3.8, 4) is 0 Å². The van der Waals surface area contributed by atoms with Gasteiger partial charge in [-0.3, -0.25) is 9.59 Å². The van der Waals surface area contributed by atoms with Crippen LogP contribution >= 0.6 is 0 Å². The maximum absolute atomic E-state index is 12.1. The molecule has 4 heteroatoms. The first-order chi connectivity index (χ1) is 8.86. The predicted molar refractivity (Wildman–Crippen MR) is 66.2 cm³/mol. The maximum atomic E-state index is 12.1. The second-order valence-electron chi connectivity index (χ2n) is 6.83. The summed E-state index contributed by atoms with van der Waals surface area (Å²) in [6.07, 6.45) is 5.23. The van der Waals surface area contributed by atoms with Crippen molar-refractivity contribution < 1.29 is 19.1 Å². The van der Waals surface area contributed by atoms with E-state index in [0.717, 1.165) is 12.8 Å². The minimum atomic E-state index is -0.801. The number of epoxide rings is 1. The van der Waals surface area contributed by atoms with Crippen LogP contribution in [-0.2, 0) is 19.1 Å². The maximum Gasteiger partial charge on any atom is 0.309 e. The number of esters is 1. The summed E-state index contributed by atoms with van der Waals surface area (Å²) in [7, 11) is 0. The molecule has 2 heterocycles. The van der Waals surface area contributed by atoms with Crippen molar-refractivity contribution in [2.24, 2.45) is 17.3 Å². The molecule has 4 rings (SSSR count). The molecule has 0 aromatic heterocycles. The van der Waals surface area contributed by atoms with Gasteiger partial charge in [0, 0.05) is 11.3 Å². The Hall–Kier alpha value is -1.16. The molecule has 2 aliphatic heterocycles. The van der Waals surface area contributed by atoms with Gasteiger partial charge in [0.2, 0.25) is 0 Å². The number of carbonyl (C=O) groups excluding carboxylic acids is 2. The van der Waals surface area contributed by atoms with Crippen LogP contribution in [0.15, 0.2) is 12.2 Å². The lowest BCUT2D eigenvalue weighted by Gasteiger charge is -2.46. The minimum absolute atomic E-state index is 0.00114. The lowest BCUT2D eigenvalue weighted by atomic mass is 9.55. The third kappa shape index (κ3) is 1.00. The van der Waals surface area contributed by atoms with Crippen LogP contribution in [0, 0.1) is 17.3 Å². The van der Waals surface area contributed by atoms with Gasteiger partial charge in [-0.15, -0.1) is 0 Å². The molecule has 2 aliphatic carbocycles. The molecule has 1 spiro atoms. The highest BCUT2D eigenvalue weighted by Gasteiger charge is 2.85. The molecule has 0 N–H and O–H groups in total. The van der Waals surface area contributed by atoms with E-state index in [1.54, 1.807) is 6.08 Å². The van der Waals surface area contributed by atoms with Crippen LogP contribution in [0.3, 0.4) is 0 Å². The number of ketones is 1. The molecular formula is C15H18O4. The van der Waals surface area contributed by atoms with E-state index in [9.17, 15) is 9.59 Å². The fourth-order valence-electron chi connectivity index (χ4n) is 4.67. The number of ether oxygens (including phenoxy) is 2. The zero-order valence-electron chi connectivity index (χ0n) is 11.4. The van der Waals surface area contributed by atoms with Gasteiger partial charge in [0.15, 0.2) is 17.0 Å². The van der Waals surface area contributed by atoms with Crippen molar-refractivity contribution in [1.29, 1.82) is 0 Å². The van der Waals surface area contributed by atoms with Gasteiger partial charge >= 0.3 is 5.97 Å². The summed E-state index contributed by atoms with van der Waals surface area (Å²) in [6, 6.07) is 0. The largest absolute Gasteiger partial charge is 0.459 e. The average Bonchev–Trinajstić information content (AvgIpc) is 2.92. The van der Waals surface area contributed by atoms with Gasteiger partial charge < -0.3 is 9.47 Å². The molecule has 6 atom stereocenters. The van der Waals surface area contributed by atoms with Gasteiger partial charge in [-0.1, -0.05) is 19.9 Å². The SMILES string of the molecule is C[C@@H]1C(=O)O[C@@H]2[C@H]1CC[C@]1(C)C=CC(=O)[C@@]3(C)O[C@@]213. The van der Waals surface area contributed by atoms with E-state index in [0.29, 0.717) is 0 Å². The van der Waals surface area contributed by atoms with E-state index in [-0.39, 0.29) is 35.1 Å². The number of hydrogen-bond acceptors (Lipinski definition) is 4. The first kappa shape index (κ1) is 11.6. The molecule has 0 aromatic rings. The highest BCUT2D eigenvalue weighted by molar-refractivity contribution is 6.02. The molecular weight excluding hydrogens is 244 g/mol. The second kappa shape index (κ2) is 2.95. The van der Waals surface area contributed by atoms with E-state index >= 15 is 0 Å².